The third-order valence-electron chi connectivity index (χ3n) is 4.07. The fourth-order valence-corrected chi connectivity index (χ4v) is 2.88. The Kier molecular flexibility index (Phi) is 4.57. The Hall–Kier alpha value is -3.42. The van der Waals surface area contributed by atoms with Gasteiger partial charge in [0, 0.05) is 12.1 Å². The van der Waals surface area contributed by atoms with Crippen molar-refractivity contribution in [2.75, 3.05) is 6.61 Å². The first kappa shape index (κ1) is 17.4. The smallest absolute Gasteiger partial charge is 0.343 e. The van der Waals surface area contributed by atoms with Crippen molar-refractivity contribution in [3.05, 3.63) is 63.1 Å². The maximum atomic E-state index is 12.4. The van der Waals surface area contributed by atoms with Crippen LogP contribution < -0.4 is 10.3 Å². The number of hydrogen-bond donors (Lipinski definition) is 2. The Morgan fingerprint density at radius 2 is 1.96 bits per heavy atom. The van der Waals surface area contributed by atoms with Crippen molar-refractivity contribution in [1.29, 1.82) is 0 Å². The van der Waals surface area contributed by atoms with Crippen LogP contribution in [0.25, 0.3) is 0 Å². The van der Waals surface area contributed by atoms with Gasteiger partial charge in [0.1, 0.15) is 5.56 Å². The van der Waals surface area contributed by atoms with E-state index in [1.807, 2.05) is 0 Å². The van der Waals surface area contributed by atoms with Crippen LogP contribution in [0.1, 0.15) is 51.1 Å². The lowest BCUT2D eigenvalue weighted by molar-refractivity contribution is -0.135. The Morgan fingerprint density at radius 3 is 2.58 bits per heavy atom. The normalized spacial score (nSPS) is 15.7. The van der Waals surface area contributed by atoms with Gasteiger partial charge in [-0.2, -0.15) is 0 Å². The van der Waals surface area contributed by atoms with Gasteiger partial charge in [-0.15, -0.1) is 0 Å². The van der Waals surface area contributed by atoms with Crippen LogP contribution in [0.3, 0.4) is 0 Å². The van der Waals surface area contributed by atoms with E-state index in [9.17, 15) is 19.2 Å². The monoisotopic (exact) mass is 357 g/mol. The molecule has 0 saturated carbocycles. The van der Waals surface area contributed by atoms with Gasteiger partial charge >= 0.3 is 17.9 Å². The SMILES string of the molecule is CCOC(=O)c1c[nH]c(=O)c2c1OC(=O)C[C@@H]2c1ccc(C(=O)O)cc1. The highest BCUT2D eigenvalue weighted by Gasteiger charge is 2.34. The van der Waals surface area contributed by atoms with Gasteiger partial charge in [0.05, 0.1) is 24.2 Å². The molecule has 0 aliphatic carbocycles. The number of carbonyl (C=O) groups excluding carboxylic acids is 2. The molecule has 2 aromatic rings. The van der Waals surface area contributed by atoms with Gasteiger partial charge in [-0.1, -0.05) is 12.1 Å². The zero-order valence-electron chi connectivity index (χ0n) is 13.8. The van der Waals surface area contributed by atoms with Gasteiger partial charge in [-0.3, -0.25) is 9.59 Å². The lowest BCUT2D eigenvalue weighted by atomic mass is 9.86. The zero-order chi connectivity index (χ0) is 18.8. The van der Waals surface area contributed by atoms with Gasteiger partial charge in [0.15, 0.2) is 5.75 Å². The van der Waals surface area contributed by atoms with Crippen LogP contribution in [-0.2, 0) is 9.53 Å². The van der Waals surface area contributed by atoms with E-state index >= 15 is 0 Å². The summed E-state index contributed by atoms with van der Waals surface area (Å²) in [5, 5.41) is 9.00. The van der Waals surface area contributed by atoms with Gasteiger partial charge in [-0.05, 0) is 24.6 Å². The number of rotatable bonds is 4. The number of ether oxygens (including phenoxy) is 2. The summed E-state index contributed by atoms with van der Waals surface area (Å²) in [4.78, 5) is 50.0. The molecule has 1 aromatic heterocycles. The molecule has 26 heavy (non-hydrogen) atoms. The van der Waals surface area contributed by atoms with Gasteiger partial charge < -0.3 is 19.6 Å². The van der Waals surface area contributed by atoms with Crippen molar-refractivity contribution >= 4 is 17.9 Å². The van der Waals surface area contributed by atoms with Crippen LogP contribution >= 0.6 is 0 Å². The van der Waals surface area contributed by atoms with Gasteiger partial charge in [0.25, 0.3) is 5.56 Å². The summed E-state index contributed by atoms with van der Waals surface area (Å²) in [6.07, 6.45) is 1.05. The highest BCUT2D eigenvalue weighted by Crippen LogP contribution is 2.38. The van der Waals surface area contributed by atoms with Crippen LogP contribution in [0.5, 0.6) is 5.75 Å². The molecule has 0 unspecified atom stereocenters. The Balaban J connectivity index is 2.13. The first-order valence-electron chi connectivity index (χ1n) is 7.89. The standard InChI is InChI=1S/C18H15NO7/c1-2-25-18(24)12-8-19-16(21)14-11(7-13(20)26-15(12)14)9-3-5-10(6-4-9)17(22)23/h3-6,8,11H,2,7H2,1H3,(H,19,21)(H,22,23)/t11-/m1/s1. The second-order valence-electron chi connectivity index (χ2n) is 5.65. The number of pyridine rings is 1. The molecule has 3 rings (SSSR count). The largest absolute Gasteiger partial charge is 0.478 e. The molecule has 0 spiro atoms. The zero-order valence-corrected chi connectivity index (χ0v) is 13.8. The topological polar surface area (TPSA) is 123 Å². The van der Waals surface area contributed by atoms with Crippen molar-refractivity contribution in [1.82, 2.24) is 4.98 Å². The number of carboxylic acids is 1. The summed E-state index contributed by atoms with van der Waals surface area (Å²) in [5.41, 5.74) is 0.258. The molecule has 8 heteroatoms. The van der Waals surface area contributed by atoms with Crippen molar-refractivity contribution in [3.8, 4) is 5.75 Å². The number of benzene rings is 1. The number of aromatic carboxylic acids is 1. The van der Waals surface area contributed by atoms with Gasteiger partial charge in [0.2, 0.25) is 0 Å². The fourth-order valence-electron chi connectivity index (χ4n) is 2.88. The van der Waals surface area contributed by atoms with E-state index in [0.29, 0.717) is 5.56 Å². The second-order valence-corrected chi connectivity index (χ2v) is 5.65. The van der Waals surface area contributed by atoms with E-state index in [2.05, 4.69) is 4.98 Å². The molecule has 0 fully saturated rings. The van der Waals surface area contributed by atoms with Crippen LogP contribution in [0.4, 0.5) is 0 Å². The first-order chi connectivity index (χ1) is 12.4. The number of H-pyrrole nitrogens is 1. The highest BCUT2D eigenvalue weighted by molar-refractivity contribution is 5.94. The van der Waals surface area contributed by atoms with Crippen molar-refractivity contribution in [2.45, 2.75) is 19.3 Å². The summed E-state index contributed by atoms with van der Waals surface area (Å²) < 4.78 is 10.1. The molecule has 0 bridgehead atoms. The molecule has 0 saturated heterocycles. The minimum atomic E-state index is -1.08. The molecule has 1 atom stereocenters. The minimum Gasteiger partial charge on any atom is -0.478 e. The quantitative estimate of drug-likeness (QED) is 0.798. The predicted molar refractivity (Wildman–Crippen MR) is 88.5 cm³/mol. The molecule has 2 heterocycles. The Bertz CT molecular complexity index is 943. The van der Waals surface area contributed by atoms with Gasteiger partial charge in [-0.25, -0.2) is 9.59 Å². The van der Waals surface area contributed by atoms with Crippen LogP contribution in [0, 0.1) is 0 Å². The lowest BCUT2D eigenvalue weighted by Gasteiger charge is -2.25. The summed E-state index contributed by atoms with van der Waals surface area (Å²) in [7, 11) is 0. The number of carbonyl (C=O) groups is 3. The number of esters is 2. The molecule has 0 radical (unpaired) electrons. The third kappa shape index (κ3) is 3.08. The molecule has 134 valence electrons. The van der Waals surface area contributed by atoms with E-state index in [4.69, 9.17) is 14.6 Å². The van der Waals surface area contributed by atoms with E-state index in [1.165, 1.54) is 24.3 Å². The van der Waals surface area contributed by atoms with Crippen LogP contribution in [0.15, 0.2) is 35.3 Å². The highest BCUT2D eigenvalue weighted by atomic mass is 16.5. The average Bonchev–Trinajstić information content (AvgIpc) is 2.61. The number of hydrogen-bond acceptors (Lipinski definition) is 6. The Morgan fingerprint density at radius 1 is 1.27 bits per heavy atom. The van der Waals surface area contributed by atoms with Crippen molar-refractivity contribution in [3.63, 3.8) is 0 Å². The van der Waals surface area contributed by atoms with E-state index in [-0.39, 0.29) is 35.5 Å². The number of aromatic amines is 1. The molecular weight excluding hydrogens is 342 g/mol. The average molecular weight is 357 g/mol. The summed E-state index contributed by atoms with van der Waals surface area (Å²) in [6.45, 7) is 1.76. The van der Waals surface area contributed by atoms with E-state index < -0.39 is 29.4 Å². The summed E-state index contributed by atoms with van der Waals surface area (Å²) in [6, 6.07) is 5.85. The first-order valence-corrected chi connectivity index (χ1v) is 7.89. The number of aromatic nitrogens is 1. The lowest BCUT2D eigenvalue weighted by Crippen LogP contribution is -2.30. The fraction of sp³-hybridized carbons (Fsp3) is 0.222. The summed E-state index contributed by atoms with van der Waals surface area (Å²) >= 11 is 0. The Labute approximate surface area is 147 Å². The molecule has 1 aliphatic rings. The third-order valence-corrected chi connectivity index (χ3v) is 4.07. The number of nitrogens with one attached hydrogen (secondary N) is 1. The predicted octanol–water partition coefficient (Wildman–Crippen LogP) is 1.69. The number of carboxylic acid groups (broad SMARTS) is 1. The van der Waals surface area contributed by atoms with Crippen molar-refractivity contribution < 1.29 is 29.0 Å². The molecule has 1 aromatic carbocycles. The molecular formula is C18H15NO7. The molecule has 0 amide bonds. The van der Waals surface area contributed by atoms with E-state index in [0.717, 1.165) is 6.20 Å². The van der Waals surface area contributed by atoms with Crippen LogP contribution in [0.2, 0.25) is 0 Å². The minimum absolute atomic E-state index is 0.0401. The maximum Gasteiger partial charge on any atom is 0.343 e. The number of fused-ring (bicyclic) bond motifs is 1. The molecule has 2 N–H and O–H groups in total. The summed E-state index contributed by atoms with van der Waals surface area (Å²) in [5.74, 6) is -3.17. The molecule has 8 nitrogen and oxygen atoms in total. The van der Waals surface area contributed by atoms with Crippen molar-refractivity contribution in [2.24, 2.45) is 0 Å². The molecule has 1 aliphatic heterocycles. The van der Waals surface area contributed by atoms with E-state index in [1.54, 1.807) is 6.92 Å². The maximum absolute atomic E-state index is 12.4. The second kappa shape index (κ2) is 6.83. The van der Waals surface area contributed by atoms with Crippen LogP contribution in [-0.4, -0.2) is 34.6 Å².